The molecule has 1 heterocycles. The minimum atomic E-state index is -0.771. The van der Waals surface area contributed by atoms with E-state index >= 15 is 0 Å². The van der Waals surface area contributed by atoms with Crippen molar-refractivity contribution >= 4 is 33.0 Å². The molecule has 0 atom stereocenters. The highest BCUT2D eigenvalue weighted by atomic mass is 79.9. The summed E-state index contributed by atoms with van der Waals surface area (Å²) in [5.41, 5.74) is -0.192. The van der Waals surface area contributed by atoms with Crippen molar-refractivity contribution in [2.45, 2.75) is 13.1 Å². The maximum atomic E-state index is 13.8. The van der Waals surface area contributed by atoms with Crippen LogP contribution in [0.25, 0.3) is 0 Å². The quantitative estimate of drug-likeness (QED) is 0.662. The molecule has 7 heteroatoms. The van der Waals surface area contributed by atoms with Gasteiger partial charge in [0.05, 0.1) is 4.92 Å². The van der Waals surface area contributed by atoms with Crippen LogP contribution in [0, 0.1) is 15.9 Å². The van der Waals surface area contributed by atoms with Crippen molar-refractivity contribution in [1.29, 1.82) is 0 Å². The second-order valence-corrected chi connectivity index (χ2v) is 5.75. The van der Waals surface area contributed by atoms with E-state index < -0.39 is 16.4 Å². The third kappa shape index (κ3) is 3.59. The van der Waals surface area contributed by atoms with E-state index in [2.05, 4.69) is 21.2 Å². The van der Waals surface area contributed by atoms with Gasteiger partial charge in [0.1, 0.15) is 0 Å². The average Bonchev–Trinajstić information content (AvgIpc) is 2.77. The number of hydrogen-bond acceptors (Lipinski definition) is 4. The number of nitrogens with zero attached hydrogens (tertiary/aromatic N) is 1. The van der Waals surface area contributed by atoms with Gasteiger partial charge < -0.3 is 5.32 Å². The smallest absolute Gasteiger partial charge is 0.305 e. The number of nitro benzene ring substituents is 1. The average molecular weight is 345 g/mol. The van der Waals surface area contributed by atoms with Crippen molar-refractivity contribution in [2.24, 2.45) is 0 Å². The van der Waals surface area contributed by atoms with Crippen LogP contribution in [0.15, 0.2) is 34.1 Å². The van der Waals surface area contributed by atoms with Gasteiger partial charge >= 0.3 is 5.69 Å². The molecule has 0 aliphatic carbocycles. The SMILES string of the molecule is O=[N+]([O-])c1cccc(CNCc2cc(Br)cs2)c1F. The summed E-state index contributed by atoms with van der Waals surface area (Å²) in [5, 5.41) is 15.6. The van der Waals surface area contributed by atoms with Gasteiger partial charge in [-0.05, 0) is 22.0 Å². The van der Waals surface area contributed by atoms with Crippen LogP contribution in [0.1, 0.15) is 10.4 Å². The minimum absolute atomic E-state index is 0.253. The van der Waals surface area contributed by atoms with E-state index in [1.165, 1.54) is 6.07 Å². The first kappa shape index (κ1) is 14.1. The fourth-order valence-electron chi connectivity index (χ4n) is 1.61. The number of nitro groups is 1. The van der Waals surface area contributed by atoms with E-state index in [4.69, 9.17) is 0 Å². The van der Waals surface area contributed by atoms with Crippen LogP contribution in [0.2, 0.25) is 0 Å². The maximum Gasteiger partial charge on any atom is 0.305 e. The normalized spacial score (nSPS) is 10.6. The van der Waals surface area contributed by atoms with Crippen molar-refractivity contribution in [3.05, 3.63) is 60.5 Å². The first-order valence-electron chi connectivity index (χ1n) is 5.43. The first-order chi connectivity index (χ1) is 9.08. The predicted molar refractivity (Wildman–Crippen MR) is 75.6 cm³/mol. The molecule has 2 rings (SSSR count). The van der Waals surface area contributed by atoms with Gasteiger partial charge in [-0.2, -0.15) is 4.39 Å². The summed E-state index contributed by atoms with van der Waals surface area (Å²) in [7, 11) is 0. The van der Waals surface area contributed by atoms with Crippen LogP contribution in [0.3, 0.4) is 0 Å². The molecule has 19 heavy (non-hydrogen) atoms. The highest BCUT2D eigenvalue weighted by molar-refractivity contribution is 9.10. The Balaban J connectivity index is 2.00. The van der Waals surface area contributed by atoms with Gasteiger partial charge in [0.25, 0.3) is 0 Å². The molecular weight excluding hydrogens is 335 g/mol. The van der Waals surface area contributed by atoms with Crippen molar-refractivity contribution in [3.63, 3.8) is 0 Å². The fourth-order valence-corrected chi connectivity index (χ4v) is 3.03. The molecule has 0 unspecified atom stereocenters. The molecule has 0 spiro atoms. The monoisotopic (exact) mass is 344 g/mol. The summed E-state index contributed by atoms with van der Waals surface area (Å²) < 4.78 is 14.8. The Bertz CT molecular complexity index is 603. The van der Waals surface area contributed by atoms with E-state index in [-0.39, 0.29) is 6.54 Å². The molecule has 0 saturated carbocycles. The highest BCUT2D eigenvalue weighted by Crippen LogP contribution is 2.21. The lowest BCUT2D eigenvalue weighted by molar-refractivity contribution is -0.387. The molecule has 0 bridgehead atoms. The number of benzene rings is 1. The summed E-state index contributed by atoms with van der Waals surface area (Å²) in [6, 6.07) is 6.16. The molecule has 2 aromatic rings. The zero-order chi connectivity index (χ0) is 13.8. The lowest BCUT2D eigenvalue weighted by atomic mass is 10.2. The summed E-state index contributed by atoms with van der Waals surface area (Å²) in [6.45, 7) is 0.849. The Morgan fingerprint density at radius 1 is 1.42 bits per heavy atom. The summed E-state index contributed by atoms with van der Waals surface area (Å²) in [4.78, 5) is 11.0. The van der Waals surface area contributed by atoms with Crippen molar-refractivity contribution in [3.8, 4) is 0 Å². The van der Waals surface area contributed by atoms with Crippen LogP contribution in [-0.2, 0) is 13.1 Å². The molecule has 0 radical (unpaired) electrons. The van der Waals surface area contributed by atoms with E-state index in [1.807, 2.05) is 11.4 Å². The predicted octanol–water partition coefficient (Wildman–Crippen LogP) is 3.85. The summed E-state index contributed by atoms with van der Waals surface area (Å²) in [5.74, 6) is -0.771. The van der Waals surface area contributed by atoms with Crippen LogP contribution >= 0.6 is 27.3 Å². The van der Waals surface area contributed by atoms with Crippen molar-refractivity contribution in [2.75, 3.05) is 0 Å². The molecule has 0 aliphatic heterocycles. The minimum Gasteiger partial charge on any atom is -0.308 e. The molecule has 0 aliphatic rings. The molecule has 1 aromatic carbocycles. The molecular formula is C12H10BrFN2O2S. The molecule has 0 amide bonds. The Labute approximate surface area is 121 Å². The van der Waals surface area contributed by atoms with Crippen LogP contribution in [0.4, 0.5) is 10.1 Å². The van der Waals surface area contributed by atoms with E-state index in [1.54, 1.807) is 17.4 Å². The van der Waals surface area contributed by atoms with Crippen LogP contribution in [0.5, 0.6) is 0 Å². The standard InChI is InChI=1S/C12H10BrFN2O2S/c13-9-4-10(19-7-9)6-15-5-8-2-1-3-11(12(8)14)16(17)18/h1-4,7,15H,5-6H2. The van der Waals surface area contributed by atoms with Gasteiger partial charge in [0, 0.05) is 39.4 Å². The van der Waals surface area contributed by atoms with Gasteiger partial charge in [-0.15, -0.1) is 11.3 Å². The number of hydrogen-bond donors (Lipinski definition) is 1. The largest absolute Gasteiger partial charge is 0.308 e. The fraction of sp³-hybridized carbons (Fsp3) is 0.167. The molecule has 100 valence electrons. The molecule has 1 aromatic heterocycles. The van der Waals surface area contributed by atoms with Gasteiger partial charge in [-0.25, -0.2) is 0 Å². The Hall–Kier alpha value is -1.31. The van der Waals surface area contributed by atoms with Gasteiger partial charge in [-0.3, -0.25) is 10.1 Å². The number of rotatable bonds is 5. The van der Waals surface area contributed by atoms with E-state index in [0.717, 1.165) is 15.4 Å². The molecule has 0 saturated heterocycles. The van der Waals surface area contributed by atoms with Crippen LogP contribution < -0.4 is 5.32 Å². The Kier molecular flexibility index (Phi) is 4.62. The summed E-state index contributed by atoms with van der Waals surface area (Å²) >= 11 is 4.94. The lowest BCUT2D eigenvalue weighted by Gasteiger charge is -2.05. The number of halogens is 2. The molecule has 1 N–H and O–H groups in total. The van der Waals surface area contributed by atoms with Crippen molar-refractivity contribution in [1.82, 2.24) is 5.32 Å². The topological polar surface area (TPSA) is 55.2 Å². The van der Waals surface area contributed by atoms with Gasteiger partial charge in [0.15, 0.2) is 0 Å². The maximum absolute atomic E-state index is 13.8. The Morgan fingerprint density at radius 2 is 2.21 bits per heavy atom. The third-order valence-electron chi connectivity index (χ3n) is 2.49. The molecule has 4 nitrogen and oxygen atoms in total. The zero-order valence-corrected chi connectivity index (χ0v) is 12.1. The number of thiophene rings is 1. The van der Waals surface area contributed by atoms with Crippen LogP contribution in [-0.4, -0.2) is 4.92 Å². The second kappa shape index (κ2) is 6.23. The van der Waals surface area contributed by atoms with E-state index in [9.17, 15) is 14.5 Å². The first-order valence-corrected chi connectivity index (χ1v) is 7.10. The highest BCUT2D eigenvalue weighted by Gasteiger charge is 2.16. The zero-order valence-electron chi connectivity index (χ0n) is 9.73. The second-order valence-electron chi connectivity index (χ2n) is 3.84. The third-order valence-corrected chi connectivity index (χ3v) is 4.19. The number of nitrogens with one attached hydrogen (secondary N) is 1. The Morgan fingerprint density at radius 3 is 2.84 bits per heavy atom. The van der Waals surface area contributed by atoms with E-state index in [0.29, 0.717) is 12.1 Å². The lowest BCUT2D eigenvalue weighted by Crippen LogP contribution is -2.13. The van der Waals surface area contributed by atoms with Crippen molar-refractivity contribution < 1.29 is 9.31 Å². The van der Waals surface area contributed by atoms with Gasteiger partial charge in [-0.1, -0.05) is 12.1 Å². The van der Waals surface area contributed by atoms with Gasteiger partial charge in [0.2, 0.25) is 5.82 Å². The molecule has 0 fully saturated rings. The summed E-state index contributed by atoms with van der Waals surface area (Å²) in [6.07, 6.45) is 0.